The first-order valence-corrected chi connectivity index (χ1v) is 12.5. The van der Waals surface area contributed by atoms with E-state index in [2.05, 4.69) is 34.9 Å². The first-order chi connectivity index (χ1) is 18.3. The van der Waals surface area contributed by atoms with E-state index in [9.17, 15) is 14.4 Å². The highest BCUT2D eigenvalue weighted by atomic mass is 19.1. The van der Waals surface area contributed by atoms with Crippen molar-refractivity contribution in [2.45, 2.75) is 39.0 Å². The van der Waals surface area contributed by atoms with Gasteiger partial charge >= 0.3 is 0 Å². The summed E-state index contributed by atoms with van der Waals surface area (Å²) < 4.78 is 15.7. The molecule has 0 spiro atoms. The molecule has 2 aliphatic carbocycles. The predicted molar refractivity (Wildman–Crippen MR) is 139 cm³/mol. The average Bonchev–Trinajstić information content (AvgIpc) is 3.34. The lowest BCUT2D eigenvalue weighted by atomic mass is 9.49. The largest absolute Gasteiger partial charge is 0.293 e. The lowest BCUT2D eigenvalue weighted by Gasteiger charge is -2.53. The Morgan fingerprint density at radius 2 is 1.89 bits per heavy atom. The van der Waals surface area contributed by atoms with E-state index in [1.807, 2.05) is 48.0 Å². The second-order valence-corrected chi connectivity index (χ2v) is 10.5. The molecule has 0 bridgehead atoms. The lowest BCUT2D eigenvalue weighted by molar-refractivity contribution is -0.125. The van der Waals surface area contributed by atoms with E-state index in [0.717, 1.165) is 41.0 Å². The third kappa shape index (κ3) is 3.35. The number of carbonyl (C=O) groups excluding carboxylic acids is 1. The quantitative estimate of drug-likeness (QED) is 0.370. The summed E-state index contributed by atoms with van der Waals surface area (Å²) in [5, 5.41) is 14.9. The van der Waals surface area contributed by atoms with Gasteiger partial charge in [-0.05, 0) is 55.0 Å². The zero-order valence-electron chi connectivity index (χ0n) is 21.3. The van der Waals surface area contributed by atoms with Crippen LogP contribution in [0.2, 0.25) is 0 Å². The summed E-state index contributed by atoms with van der Waals surface area (Å²) in [6.07, 6.45) is 9.35. The number of rotatable bonds is 3. The Morgan fingerprint density at radius 3 is 2.58 bits per heavy atom. The van der Waals surface area contributed by atoms with Gasteiger partial charge in [-0.3, -0.25) is 9.78 Å². The fraction of sp³-hybridized carbons (Fsp3) is 0.267. The monoisotopic (exact) mass is 504 g/mol. The summed E-state index contributed by atoms with van der Waals surface area (Å²) in [5.41, 5.74) is 4.96. The number of nitrogens with zero attached hydrogens (tertiary/aromatic N) is 6. The van der Waals surface area contributed by atoms with Gasteiger partial charge in [-0.1, -0.05) is 32.1 Å². The van der Waals surface area contributed by atoms with Crippen molar-refractivity contribution in [2.75, 3.05) is 0 Å². The maximum atomic E-state index is 13.8. The van der Waals surface area contributed by atoms with E-state index < -0.39 is 16.6 Å². The van der Waals surface area contributed by atoms with E-state index in [1.165, 1.54) is 18.6 Å². The van der Waals surface area contributed by atoms with Crippen molar-refractivity contribution in [2.24, 2.45) is 11.3 Å². The highest BCUT2D eigenvalue weighted by Gasteiger charge is 2.58. The van der Waals surface area contributed by atoms with Gasteiger partial charge in [0.2, 0.25) is 0 Å². The molecule has 7 nitrogen and oxygen atoms in total. The number of aromatic nitrogens is 5. The Morgan fingerprint density at radius 1 is 1.11 bits per heavy atom. The second kappa shape index (κ2) is 8.52. The van der Waals surface area contributed by atoms with Crippen LogP contribution in [-0.4, -0.2) is 30.5 Å². The third-order valence-corrected chi connectivity index (χ3v) is 8.70. The third-order valence-electron chi connectivity index (χ3n) is 8.70. The Labute approximate surface area is 219 Å². The topological polar surface area (TPSA) is 97.4 Å². The number of nitriles is 1. The highest BCUT2D eigenvalue weighted by Crippen LogP contribution is 2.59. The minimum absolute atomic E-state index is 0.105. The number of allylic oxidation sites excluding steroid dienone is 2. The van der Waals surface area contributed by atoms with Gasteiger partial charge in [0.05, 0.1) is 28.8 Å². The van der Waals surface area contributed by atoms with E-state index in [0.29, 0.717) is 11.3 Å². The van der Waals surface area contributed by atoms with Crippen molar-refractivity contribution in [3.63, 3.8) is 0 Å². The van der Waals surface area contributed by atoms with Crippen LogP contribution in [0.15, 0.2) is 73.0 Å². The number of pyridine rings is 1. The molecule has 3 atom stereocenters. The van der Waals surface area contributed by atoms with Crippen LogP contribution in [0.1, 0.15) is 38.4 Å². The van der Waals surface area contributed by atoms with Gasteiger partial charge in [-0.2, -0.15) is 10.4 Å². The molecule has 0 amide bonds. The molecule has 0 unspecified atom stereocenters. The summed E-state index contributed by atoms with van der Waals surface area (Å²) in [7, 11) is 0. The van der Waals surface area contributed by atoms with Crippen molar-refractivity contribution in [1.82, 2.24) is 24.7 Å². The first kappa shape index (κ1) is 23.9. The van der Waals surface area contributed by atoms with Gasteiger partial charge in [0.1, 0.15) is 23.9 Å². The smallest absolute Gasteiger partial charge is 0.176 e. The molecule has 3 aromatic heterocycles. The van der Waals surface area contributed by atoms with E-state index >= 15 is 0 Å². The number of halogens is 1. The van der Waals surface area contributed by atoms with Crippen LogP contribution in [0.5, 0.6) is 0 Å². The van der Waals surface area contributed by atoms with Gasteiger partial charge in [0.15, 0.2) is 5.78 Å². The lowest BCUT2D eigenvalue weighted by Crippen LogP contribution is -2.54. The molecule has 6 rings (SSSR count). The molecule has 2 aliphatic rings. The molecular weight excluding hydrogens is 479 g/mol. The van der Waals surface area contributed by atoms with Crippen LogP contribution >= 0.6 is 0 Å². The predicted octanol–water partition coefficient (Wildman–Crippen LogP) is 5.41. The maximum absolute atomic E-state index is 13.8. The van der Waals surface area contributed by atoms with Gasteiger partial charge in [0, 0.05) is 34.9 Å². The molecule has 1 aromatic carbocycles. The number of hydrogen-bond donors (Lipinski definition) is 0. The molecule has 0 N–H and O–H groups in total. The van der Waals surface area contributed by atoms with Crippen molar-refractivity contribution >= 4 is 5.78 Å². The number of ketones is 1. The average molecular weight is 505 g/mol. The minimum atomic E-state index is -0.637. The van der Waals surface area contributed by atoms with E-state index in [-0.39, 0.29) is 17.3 Å². The molecule has 8 heteroatoms. The summed E-state index contributed by atoms with van der Waals surface area (Å²) in [6, 6.07) is 13.1. The molecule has 38 heavy (non-hydrogen) atoms. The van der Waals surface area contributed by atoms with Crippen LogP contribution in [0, 0.1) is 28.5 Å². The van der Waals surface area contributed by atoms with E-state index in [4.69, 9.17) is 5.10 Å². The standard InChI is InChI=1S/C30H25FN6O/c1-18-27(38)21(14-32)13-30(3)28-24(8-10-29(18,30)2)26(25-9-11-33-17-35-25)36-37(28)23-6-4-19(5-7-23)20-12-22(31)16-34-15-20/h4-7,9,11-13,15-18H,8,10H2,1-3H3/t18-,29+,30-/m0/s1. The first-order valence-electron chi connectivity index (χ1n) is 12.5. The second-order valence-electron chi connectivity index (χ2n) is 10.5. The van der Waals surface area contributed by atoms with Gasteiger partial charge in [0.25, 0.3) is 0 Å². The number of hydrogen-bond acceptors (Lipinski definition) is 6. The number of Topliss-reactive ketones (excluding diaryl/α,β-unsaturated/α-hetero) is 1. The van der Waals surface area contributed by atoms with Crippen molar-refractivity contribution in [3.8, 4) is 34.3 Å². The molecule has 188 valence electrons. The van der Waals surface area contributed by atoms with Crippen LogP contribution in [0.25, 0.3) is 28.2 Å². The van der Waals surface area contributed by atoms with Crippen LogP contribution in [0.3, 0.4) is 0 Å². The summed E-state index contributed by atoms with van der Waals surface area (Å²) in [4.78, 5) is 25.6. The normalized spacial score (nSPS) is 24.2. The summed E-state index contributed by atoms with van der Waals surface area (Å²) in [5.74, 6) is -0.824. The molecule has 0 fully saturated rings. The zero-order valence-corrected chi connectivity index (χ0v) is 21.3. The Hall–Kier alpha value is -4.51. The Balaban J connectivity index is 1.59. The molecule has 0 saturated carbocycles. The zero-order chi connectivity index (χ0) is 26.7. The number of carbonyl (C=O) groups is 1. The summed E-state index contributed by atoms with van der Waals surface area (Å²) >= 11 is 0. The fourth-order valence-electron chi connectivity index (χ4n) is 6.19. The fourth-order valence-corrected chi connectivity index (χ4v) is 6.19. The molecule has 3 heterocycles. The molecule has 0 radical (unpaired) electrons. The molecular formula is C30H25FN6O. The van der Waals surface area contributed by atoms with Crippen molar-refractivity contribution in [1.29, 1.82) is 5.26 Å². The maximum Gasteiger partial charge on any atom is 0.176 e. The number of fused-ring (bicyclic) bond motifs is 3. The molecule has 4 aromatic rings. The SMILES string of the molecule is C[C@H]1C(=O)C(C#N)=C[C@@]2(C)c3c(c(-c4ccncn4)nn3-c3ccc(-c4cncc(F)c4)cc3)CC[C@]12C. The van der Waals surface area contributed by atoms with Gasteiger partial charge in [-0.25, -0.2) is 19.0 Å². The van der Waals surface area contributed by atoms with Gasteiger partial charge in [-0.15, -0.1) is 0 Å². The van der Waals surface area contributed by atoms with Crippen LogP contribution < -0.4 is 0 Å². The van der Waals surface area contributed by atoms with Crippen molar-refractivity contribution in [3.05, 3.63) is 90.0 Å². The number of benzene rings is 1. The Kier molecular flexibility index (Phi) is 5.35. The van der Waals surface area contributed by atoms with E-state index in [1.54, 1.807) is 12.4 Å². The van der Waals surface area contributed by atoms with Gasteiger partial charge < -0.3 is 0 Å². The highest BCUT2D eigenvalue weighted by molar-refractivity contribution is 6.02. The Bertz CT molecular complexity index is 1650. The molecule has 0 saturated heterocycles. The minimum Gasteiger partial charge on any atom is -0.293 e. The van der Waals surface area contributed by atoms with Crippen molar-refractivity contribution < 1.29 is 9.18 Å². The molecule has 0 aliphatic heterocycles. The van der Waals surface area contributed by atoms with Crippen LogP contribution in [0.4, 0.5) is 4.39 Å². The van der Waals surface area contributed by atoms with Crippen LogP contribution in [-0.2, 0) is 16.6 Å². The summed E-state index contributed by atoms with van der Waals surface area (Å²) in [6.45, 7) is 6.19.